The molecule has 2 heterocycles. The third-order valence-electron chi connectivity index (χ3n) is 3.61. The van der Waals surface area contributed by atoms with Gasteiger partial charge in [0.25, 0.3) is 0 Å². The molecule has 1 fully saturated rings. The molecule has 1 aliphatic heterocycles. The van der Waals surface area contributed by atoms with Crippen molar-refractivity contribution in [3.05, 3.63) is 15.9 Å². The molecular weight excluding hydrogens is 374 g/mol. The van der Waals surface area contributed by atoms with Gasteiger partial charge in [0.2, 0.25) is 5.95 Å². The van der Waals surface area contributed by atoms with Gasteiger partial charge < -0.3 is 15.0 Å². The summed E-state index contributed by atoms with van der Waals surface area (Å²) >= 11 is 3.33. The van der Waals surface area contributed by atoms with E-state index in [4.69, 9.17) is 10.00 Å². The van der Waals surface area contributed by atoms with Gasteiger partial charge in [0.05, 0.1) is 10.2 Å². The van der Waals surface area contributed by atoms with Gasteiger partial charge in [0.15, 0.2) is 5.69 Å². The average molecular weight is 396 g/mol. The van der Waals surface area contributed by atoms with E-state index < -0.39 is 11.7 Å². The molecular formula is C16H22BrN5O2. The molecule has 0 aromatic carbocycles. The highest BCUT2D eigenvalue weighted by molar-refractivity contribution is 9.10. The van der Waals surface area contributed by atoms with Gasteiger partial charge in [-0.2, -0.15) is 5.26 Å². The summed E-state index contributed by atoms with van der Waals surface area (Å²) in [4.78, 5) is 22.5. The van der Waals surface area contributed by atoms with Crippen molar-refractivity contribution in [3.8, 4) is 6.07 Å². The van der Waals surface area contributed by atoms with Crippen molar-refractivity contribution in [1.82, 2.24) is 15.3 Å². The molecule has 7 nitrogen and oxygen atoms in total. The molecule has 2 rings (SSSR count). The number of aryl methyl sites for hydroxylation is 1. The maximum Gasteiger partial charge on any atom is 0.407 e. The molecule has 0 radical (unpaired) electrons. The predicted octanol–water partition coefficient (Wildman–Crippen LogP) is 2.77. The molecule has 24 heavy (non-hydrogen) atoms. The Morgan fingerprint density at radius 1 is 1.50 bits per heavy atom. The Bertz CT molecular complexity index is 666. The largest absolute Gasteiger partial charge is 0.444 e. The summed E-state index contributed by atoms with van der Waals surface area (Å²) in [5.74, 6) is 0.864. The van der Waals surface area contributed by atoms with E-state index in [0.29, 0.717) is 28.6 Å². The Morgan fingerprint density at radius 3 is 2.83 bits per heavy atom. The van der Waals surface area contributed by atoms with Crippen LogP contribution in [0.15, 0.2) is 4.47 Å². The summed E-state index contributed by atoms with van der Waals surface area (Å²) in [6, 6.07) is 2.07. The van der Waals surface area contributed by atoms with Crippen LogP contribution < -0.4 is 10.2 Å². The van der Waals surface area contributed by atoms with Crippen molar-refractivity contribution in [2.75, 3.05) is 24.5 Å². The summed E-state index contributed by atoms with van der Waals surface area (Å²) in [5, 5.41) is 12.0. The molecule has 1 N–H and O–H groups in total. The van der Waals surface area contributed by atoms with E-state index in [1.807, 2.05) is 32.6 Å². The number of hydrogen-bond acceptors (Lipinski definition) is 6. The molecule has 1 atom stereocenters. The quantitative estimate of drug-likeness (QED) is 0.845. The number of aromatic nitrogens is 2. The van der Waals surface area contributed by atoms with Crippen molar-refractivity contribution in [2.24, 2.45) is 5.92 Å². The summed E-state index contributed by atoms with van der Waals surface area (Å²) < 4.78 is 5.87. The van der Waals surface area contributed by atoms with Crippen LogP contribution in [-0.2, 0) is 4.74 Å². The second kappa shape index (κ2) is 7.34. The number of amides is 1. The first kappa shape index (κ1) is 18.5. The number of nitrogens with zero attached hydrogens (tertiary/aromatic N) is 4. The zero-order valence-corrected chi connectivity index (χ0v) is 16.0. The molecule has 1 aromatic heterocycles. The highest BCUT2D eigenvalue weighted by atomic mass is 79.9. The molecule has 0 aliphatic carbocycles. The number of carbonyl (C=O) groups excluding carboxylic acids is 1. The lowest BCUT2D eigenvalue weighted by atomic mass is 10.1. The monoisotopic (exact) mass is 395 g/mol. The highest BCUT2D eigenvalue weighted by Gasteiger charge is 2.26. The first-order valence-electron chi connectivity index (χ1n) is 7.85. The van der Waals surface area contributed by atoms with Crippen LogP contribution in [0.25, 0.3) is 0 Å². The first-order chi connectivity index (χ1) is 11.2. The third-order valence-corrected chi connectivity index (χ3v) is 4.56. The molecule has 0 bridgehead atoms. The van der Waals surface area contributed by atoms with Crippen molar-refractivity contribution >= 4 is 28.0 Å². The zero-order valence-electron chi connectivity index (χ0n) is 14.4. The Balaban J connectivity index is 1.93. The second-order valence-electron chi connectivity index (χ2n) is 6.87. The Labute approximate surface area is 150 Å². The van der Waals surface area contributed by atoms with Crippen LogP contribution in [0.3, 0.4) is 0 Å². The van der Waals surface area contributed by atoms with E-state index in [1.54, 1.807) is 0 Å². The number of nitriles is 1. The summed E-state index contributed by atoms with van der Waals surface area (Å²) in [6.07, 6.45) is 0.527. The van der Waals surface area contributed by atoms with Gasteiger partial charge >= 0.3 is 6.09 Å². The van der Waals surface area contributed by atoms with Gasteiger partial charge in [-0.15, -0.1) is 0 Å². The maximum absolute atomic E-state index is 11.7. The predicted molar refractivity (Wildman–Crippen MR) is 93.7 cm³/mol. The summed E-state index contributed by atoms with van der Waals surface area (Å²) in [7, 11) is 0. The minimum atomic E-state index is -0.498. The van der Waals surface area contributed by atoms with E-state index in [-0.39, 0.29) is 0 Å². The van der Waals surface area contributed by atoms with E-state index in [0.717, 1.165) is 25.2 Å². The van der Waals surface area contributed by atoms with Crippen molar-refractivity contribution in [2.45, 2.75) is 39.7 Å². The van der Waals surface area contributed by atoms with Gasteiger partial charge in [0, 0.05) is 19.6 Å². The maximum atomic E-state index is 11.7. The topological polar surface area (TPSA) is 91.1 Å². The molecule has 130 valence electrons. The van der Waals surface area contributed by atoms with Crippen LogP contribution in [0.5, 0.6) is 0 Å². The van der Waals surface area contributed by atoms with Crippen LogP contribution in [0.2, 0.25) is 0 Å². The minimum absolute atomic E-state index is 0.301. The Kier molecular flexibility index (Phi) is 5.65. The molecule has 1 aromatic rings. The zero-order chi connectivity index (χ0) is 17.9. The number of halogens is 1. The number of ether oxygens (including phenoxy) is 1. The van der Waals surface area contributed by atoms with Gasteiger partial charge in [-0.1, -0.05) is 0 Å². The lowest BCUT2D eigenvalue weighted by Crippen LogP contribution is -2.36. The van der Waals surface area contributed by atoms with Crippen LogP contribution in [0.1, 0.15) is 38.6 Å². The molecule has 1 saturated heterocycles. The lowest BCUT2D eigenvalue weighted by Gasteiger charge is -2.21. The second-order valence-corrected chi connectivity index (χ2v) is 7.66. The van der Waals surface area contributed by atoms with Gasteiger partial charge in [-0.05, 0) is 56.0 Å². The number of hydrogen-bond donors (Lipinski definition) is 1. The fourth-order valence-electron chi connectivity index (χ4n) is 2.48. The SMILES string of the molecule is Cc1nc(N2CCC(CNC(=O)OC(C)(C)C)C2)nc(C#N)c1Br. The molecule has 8 heteroatoms. The summed E-state index contributed by atoms with van der Waals surface area (Å²) in [6.45, 7) is 9.44. The highest BCUT2D eigenvalue weighted by Crippen LogP contribution is 2.25. The fraction of sp³-hybridized carbons (Fsp3) is 0.625. The first-order valence-corrected chi connectivity index (χ1v) is 8.65. The number of alkyl carbamates (subject to hydrolysis) is 1. The van der Waals surface area contributed by atoms with Crippen LogP contribution >= 0.6 is 15.9 Å². The van der Waals surface area contributed by atoms with Crippen molar-refractivity contribution in [1.29, 1.82) is 5.26 Å². The standard InChI is InChI=1S/C16H22BrN5O2/c1-10-13(17)12(7-18)21-14(20-10)22-6-5-11(9-22)8-19-15(23)24-16(2,3)4/h11H,5-6,8-9H2,1-4H3,(H,19,23). The Hall–Kier alpha value is -1.88. The van der Waals surface area contributed by atoms with Gasteiger partial charge in [0.1, 0.15) is 11.7 Å². The molecule has 0 spiro atoms. The summed E-state index contributed by atoms with van der Waals surface area (Å²) in [5.41, 5.74) is 0.585. The average Bonchev–Trinajstić information content (AvgIpc) is 2.95. The van der Waals surface area contributed by atoms with Crippen molar-refractivity contribution in [3.63, 3.8) is 0 Å². The number of nitrogens with one attached hydrogen (secondary N) is 1. The van der Waals surface area contributed by atoms with Crippen molar-refractivity contribution < 1.29 is 9.53 Å². The van der Waals surface area contributed by atoms with E-state index in [1.165, 1.54) is 0 Å². The fourth-order valence-corrected chi connectivity index (χ4v) is 2.75. The van der Waals surface area contributed by atoms with Gasteiger partial charge in [-0.25, -0.2) is 14.8 Å². The Morgan fingerprint density at radius 2 is 2.21 bits per heavy atom. The van der Waals surface area contributed by atoms with Crippen LogP contribution in [0.4, 0.5) is 10.7 Å². The number of anilines is 1. The molecule has 1 amide bonds. The van der Waals surface area contributed by atoms with Gasteiger partial charge in [-0.3, -0.25) is 0 Å². The lowest BCUT2D eigenvalue weighted by molar-refractivity contribution is 0.0520. The van der Waals surface area contributed by atoms with E-state index in [2.05, 4.69) is 37.3 Å². The minimum Gasteiger partial charge on any atom is -0.444 e. The molecule has 1 aliphatic rings. The molecule has 0 saturated carbocycles. The van der Waals surface area contributed by atoms with Crippen LogP contribution in [-0.4, -0.2) is 41.3 Å². The van der Waals surface area contributed by atoms with E-state index >= 15 is 0 Å². The number of carbonyl (C=O) groups is 1. The number of rotatable bonds is 3. The van der Waals surface area contributed by atoms with Crippen LogP contribution in [0, 0.1) is 24.2 Å². The normalized spacial score (nSPS) is 17.5. The smallest absolute Gasteiger partial charge is 0.407 e. The van der Waals surface area contributed by atoms with E-state index in [9.17, 15) is 4.79 Å². The molecule has 1 unspecified atom stereocenters. The third kappa shape index (κ3) is 4.81.